The fraction of sp³-hybridized carbons (Fsp3) is 0.235. The SMILES string of the molecule is CNS(=O)(=O)c1ccc(NCC(=O)N[C@@H](C)c2ccc(F)cc2)c([N+](=O)[O-])c1. The zero-order valence-corrected chi connectivity index (χ0v) is 15.9. The number of rotatable bonds is 8. The quantitative estimate of drug-likeness (QED) is 0.450. The molecule has 0 heterocycles. The number of carbonyl (C=O) groups excluding carboxylic acids is 1. The molecule has 0 saturated carbocycles. The van der Waals surface area contributed by atoms with Gasteiger partial charge in [-0.15, -0.1) is 0 Å². The summed E-state index contributed by atoms with van der Waals surface area (Å²) in [5.41, 5.74) is 0.225. The number of nitro benzene ring substituents is 1. The monoisotopic (exact) mass is 410 g/mol. The molecule has 150 valence electrons. The number of nitrogens with one attached hydrogen (secondary N) is 3. The summed E-state index contributed by atoms with van der Waals surface area (Å²) in [5.74, 6) is -0.835. The summed E-state index contributed by atoms with van der Waals surface area (Å²) in [6, 6.07) is 8.57. The van der Waals surface area contributed by atoms with Crippen LogP contribution in [-0.4, -0.2) is 32.8 Å². The van der Waals surface area contributed by atoms with Crippen molar-refractivity contribution in [3.63, 3.8) is 0 Å². The Kier molecular flexibility index (Phi) is 6.65. The first kappa shape index (κ1) is 21.3. The molecule has 0 aliphatic heterocycles. The topological polar surface area (TPSA) is 130 Å². The van der Waals surface area contributed by atoms with E-state index in [4.69, 9.17) is 0 Å². The Morgan fingerprint density at radius 1 is 1.21 bits per heavy atom. The van der Waals surface area contributed by atoms with Crippen molar-refractivity contribution in [2.75, 3.05) is 18.9 Å². The minimum absolute atomic E-state index is 0.00429. The van der Waals surface area contributed by atoms with Gasteiger partial charge in [0.2, 0.25) is 15.9 Å². The molecule has 0 aliphatic rings. The number of nitrogens with zero attached hydrogens (tertiary/aromatic N) is 1. The molecule has 0 unspecified atom stereocenters. The summed E-state index contributed by atoms with van der Waals surface area (Å²) in [6.07, 6.45) is 0. The maximum Gasteiger partial charge on any atom is 0.293 e. The van der Waals surface area contributed by atoms with Gasteiger partial charge in [-0.05, 0) is 43.8 Å². The number of nitro groups is 1. The lowest BCUT2D eigenvalue weighted by Gasteiger charge is -2.15. The van der Waals surface area contributed by atoms with Gasteiger partial charge in [-0.3, -0.25) is 14.9 Å². The van der Waals surface area contributed by atoms with Crippen molar-refractivity contribution < 1.29 is 22.5 Å². The lowest BCUT2D eigenvalue weighted by Crippen LogP contribution is -2.32. The minimum atomic E-state index is -3.84. The molecule has 28 heavy (non-hydrogen) atoms. The van der Waals surface area contributed by atoms with Gasteiger partial charge in [0.05, 0.1) is 22.4 Å². The second-order valence-corrected chi connectivity index (χ2v) is 7.72. The van der Waals surface area contributed by atoms with E-state index in [1.165, 1.54) is 31.3 Å². The van der Waals surface area contributed by atoms with Crippen molar-refractivity contribution in [1.29, 1.82) is 0 Å². The van der Waals surface area contributed by atoms with Crippen LogP contribution < -0.4 is 15.4 Å². The lowest BCUT2D eigenvalue weighted by atomic mass is 10.1. The Morgan fingerprint density at radius 2 is 1.86 bits per heavy atom. The Bertz CT molecular complexity index is 980. The highest BCUT2D eigenvalue weighted by atomic mass is 32.2. The molecule has 0 saturated heterocycles. The van der Waals surface area contributed by atoms with Gasteiger partial charge in [-0.1, -0.05) is 12.1 Å². The molecule has 9 nitrogen and oxygen atoms in total. The zero-order valence-electron chi connectivity index (χ0n) is 15.1. The molecule has 0 fully saturated rings. The smallest absolute Gasteiger partial charge is 0.293 e. The second-order valence-electron chi connectivity index (χ2n) is 5.84. The summed E-state index contributed by atoms with van der Waals surface area (Å²) >= 11 is 0. The number of hydrogen-bond acceptors (Lipinski definition) is 6. The van der Waals surface area contributed by atoms with Crippen LogP contribution in [0.4, 0.5) is 15.8 Å². The van der Waals surface area contributed by atoms with E-state index in [-0.39, 0.29) is 22.9 Å². The average Bonchev–Trinajstić information content (AvgIpc) is 2.66. The molecule has 0 spiro atoms. The van der Waals surface area contributed by atoms with Crippen LogP contribution in [0.3, 0.4) is 0 Å². The normalized spacial score (nSPS) is 12.2. The fourth-order valence-corrected chi connectivity index (χ4v) is 3.15. The standard InChI is InChI=1S/C17H19FN4O5S/c1-11(12-3-5-13(18)6-4-12)21-17(23)10-20-15-8-7-14(28(26,27)19-2)9-16(15)22(24)25/h3-9,11,19-20H,10H2,1-2H3,(H,21,23)/t11-/m0/s1. The third-order valence-corrected chi connectivity index (χ3v) is 5.34. The van der Waals surface area contributed by atoms with Gasteiger partial charge in [0.25, 0.3) is 5.69 Å². The summed E-state index contributed by atoms with van der Waals surface area (Å²) < 4.78 is 38.6. The summed E-state index contributed by atoms with van der Waals surface area (Å²) in [4.78, 5) is 22.3. The highest BCUT2D eigenvalue weighted by Crippen LogP contribution is 2.27. The molecule has 2 aromatic carbocycles. The van der Waals surface area contributed by atoms with E-state index in [2.05, 4.69) is 15.4 Å². The van der Waals surface area contributed by atoms with Crippen molar-refractivity contribution in [1.82, 2.24) is 10.0 Å². The van der Waals surface area contributed by atoms with Crippen molar-refractivity contribution in [3.05, 3.63) is 64.0 Å². The summed E-state index contributed by atoms with van der Waals surface area (Å²) in [5, 5.41) is 16.6. The van der Waals surface area contributed by atoms with E-state index in [0.29, 0.717) is 5.56 Å². The first-order valence-electron chi connectivity index (χ1n) is 8.14. The van der Waals surface area contributed by atoms with Gasteiger partial charge >= 0.3 is 0 Å². The molecule has 0 radical (unpaired) electrons. The maximum absolute atomic E-state index is 13.0. The van der Waals surface area contributed by atoms with Crippen LogP contribution in [0.1, 0.15) is 18.5 Å². The average molecular weight is 410 g/mol. The third-order valence-electron chi connectivity index (χ3n) is 3.93. The molecule has 0 bridgehead atoms. The first-order chi connectivity index (χ1) is 13.1. The molecular formula is C17H19FN4O5S. The van der Waals surface area contributed by atoms with Gasteiger partial charge in [0, 0.05) is 6.07 Å². The maximum atomic E-state index is 13.0. The fourth-order valence-electron chi connectivity index (χ4n) is 2.40. The first-order valence-corrected chi connectivity index (χ1v) is 9.63. The molecule has 0 aromatic heterocycles. The van der Waals surface area contributed by atoms with E-state index in [9.17, 15) is 27.7 Å². The van der Waals surface area contributed by atoms with E-state index in [1.807, 2.05) is 0 Å². The number of amides is 1. The molecule has 1 atom stereocenters. The van der Waals surface area contributed by atoms with Crippen molar-refractivity contribution in [2.24, 2.45) is 0 Å². The van der Waals surface area contributed by atoms with Gasteiger partial charge in [-0.2, -0.15) is 0 Å². The highest BCUT2D eigenvalue weighted by molar-refractivity contribution is 7.89. The Morgan fingerprint density at radius 3 is 2.43 bits per heavy atom. The van der Waals surface area contributed by atoms with E-state index in [0.717, 1.165) is 6.07 Å². The van der Waals surface area contributed by atoms with Crippen molar-refractivity contribution >= 4 is 27.3 Å². The predicted molar refractivity (Wildman–Crippen MR) is 101 cm³/mol. The largest absolute Gasteiger partial charge is 0.371 e. The van der Waals surface area contributed by atoms with Crippen molar-refractivity contribution in [2.45, 2.75) is 17.9 Å². The molecule has 11 heteroatoms. The van der Waals surface area contributed by atoms with E-state index in [1.54, 1.807) is 19.1 Å². The molecule has 1 amide bonds. The number of anilines is 1. The lowest BCUT2D eigenvalue weighted by molar-refractivity contribution is -0.384. The second kappa shape index (κ2) is 8.76. The van der Waals surface area contributed by atoms with E-state index >= 15 is 0 Å². The van der Waals surface area contributed by atoms with Crippen LogP contribution in [0.25, 0.3) is 0 Å². The van der Waals surface area contributed by atoms with Crippen LogP contribution >= 0.6 is 0 Å². The number of sulfonamides is 1. The zero-order chi connectivity index (χ0) is 20.9. The highest BCUT2D eigenvalue weighted by Gasteiger charge is 2.21. The third kappa shape index (κ3) is 5.24. The number of benzene rings is 2. The molecular weight excluding hydrogens is 391 g/mol. The molecule has 3 N–H and O–H groups in total. The molecule has 2 aromatic rings. The Hall–Kier alpha value is -3.05. The molecule has 2 rings (SSSR count). The van der Waals surface area contributed by atoms with E-state index < -0.39 is 32.6 Å². The van der Waals surface area contributed by atoms with Crippen LogP contribution in [0.15, 0.2) is 47.4 Å². The van der Waals surface area contributed by atoms with Gasteiger partial charge < -0.3 is 10.6 Å². The Labute approximate surface area is 161 Å². The van der Waals surface area contributed by atoms with Crippen LogP contribution in [0, 0.1) is 15.9 Å². The van der Waals surface area contributed by atoms with Gasteiger partial charge in [0.1, 0.15) is 11.5 Å². The minimum Gasteiger partial charge on any atom is -0.371 e. The number of halogens is 1. The predicted octanol–water partition coefficient (Wildman–Crippen LogP) is 1.93. The van der Waals surface area contributed by atoms with Crippen LogP contribution in [0.2, 0.25) is 0 Å². The summed E-state index contributed by atoms with van der Waals surface area (Å²) in [6.45, 7) is 1.44. The van der Waals surface area contributed by atoms with Crippen LogP contribution in [-0.2, 0) is 14.8 Å². The van der Waals surface area contributed by atoms with Crippen molar-refractivity contribution in [3.8, 4) is 0 Å². The number of carbonyl (C=O) groups is 1. The number of hydrogen-bond donors (Lipinski definition) is 3. The van der Waals surface area contributed by atoms with Gasteiger partial charge in [-0.25, -0.2) is 17.5 Å². The van der Waals surface area contributed by atoms with Crippen LogP contribution in [0.5, 0.6) is 0 Å². The summed E-state index contributed by atoms with van der Waals surface area (Å²) in [7, 11) is -2.65. The Balaban J connectivity index is 2.07. The van der Waals surface area contributed by atoms with Gasteiger partial charge in [0.15, 0.2) is 0 Å². The molecule has 0 aliphatic carbocycles.